The summed E-state index contributed by atoms with van der Waals surface area (Å²) in [5, 5.41) is 7.16. The molecule has 25 heavy (non-hydrogen) atoms. The number of hydrogen-bond donors (Lipinski definition) is 2. The molecule has 8 nitrogen and oxygen atoms in total. The summed E-state index contributed by atoms with van der Waals surface area (Å²) in [5.74, 6) is 0.326. The molecule has 0 radical (unpaired) electrons. The molecule has 0 atom stereocenters. The summed E-state index contributed by atoms with van der Waals surface area (Å²) >= 11 is 0. The molecule has 0 saturated carbocycles. The molecule has 3 aromatic rings. The van der Waals surface area contributed by atoms with Crippen LogP contribution in [0, 0.1) is 13.8 Å². The number of aromatic amines is 1. The van der Waals surface area contributed by atoms with Crippen LogP contribution in [0.2, 0.25) is 0 Å². The molecule has 3 aromatic heterocycles. The molecular formula is C17H23N7O. The van der Waals surface area contributed by atoms with Crippen molar-refractivity contribution in [2.24, 2.45) is 0 Å². The van der Waals surface area contributed by atoms with Crippen LogP contribution in [0.5, 0.6) is 0 Å². The van der Waals surface area contributed by atoms with Gasteiger partial charge in [0.05, 0.1) is 11.3 Å². The molecule has 3 N–H and O–H groups in total. The third-order valence-electron chi connectivity index (χ3n) is 4.50. The number of nitrogens with two attached hydrogens (primary N) is 1. The molecule has 132 valence electrons. The lowest BCUT2D eigenvalue weighted by molar-refractivity contribution is 0.0796. The fraction of sp³-hybridized carbons (Fsp3) is 0.412. The van der Waals surface area contributed by atoms with Crippen molar-refractivity contribution in [1.82, 2.24) is 29.6 Å². The van der Waals surface area contributed by atoms with Gasteiger partial charge in [-0.1, -0.05) is 0 Å². The Hall–Kier alpha value is -2.90. The lowest BCUT2D eigenvalue weighted by Crippen LogP contribution is -2.29. The molecule has 0 fully saturated rings. The monoisotopic (exact) mass is 341 g/mol. The Balaban J connectivity index is 1.77. The summed E-state index contributed by atoms with van der Waals surface area (Å²) in [4.78, 5) is 23.0. The van der Waals surface area contributed by atoms with E-state index in [0.29, 0.717) is 35.8 Å². The minimum Gasteiger partial charge on any atom is -0.369 e. The van der Waals surface area contributed by atoms with Gasteiger partial charge in [-0.2, -0.15) is 5.10 Å². The Kier molecular flexibility index (Phi) is 4.43. The predicted molar refractivity (Wildman–Crippen MR) is 96.3 cm³/mol. The Bertz CT molecular complexity index is 905. The molecular weight excluding hydrogens is 318 g/mol. The number of carbonyl (C=O) groups is 1. The first-order valence-electron chi connectivity index (χ1n) is 8.30. The fourth-order valence-electron chi connectivity index (χ4n) is 3.00. The molecule has 0 unspecified atom stereocenters. The molecule has 8 heteroatoms. The van der Waals surface area contributed by atoms with Gasteiger partial charge in [-0.15, -0.1) is 0 Å². The topological polar surface area (TPSA) is 106 Å². The van der Waals surface area contributed by atoms with Gasteiger partial charge < -0.3 is 10.6 Å². The number of rotatable bonds is 5. The molecule has 0 aliphatic rings. The second-order valence-electron chi connectivity index (χ2n) is 6.17. The number of hydrogen-bond acceptors (Lipinski definition) is 5. The third kappa shape index (κ3) is 3.07. The number of pyridine rings is 1. The molecule has 1 amide bonds. The van der Waals surface area contributed by atoms with Gasteiger partial charge in [0.15, 0.2) is 5.65 Å². The van der Waals surface area contributed by atoms with Gasteiger partial charge in [-0.25, -0.2) is 9.97 Å². The van der Waals surface area contributed by atoms with Crippen LogP contribution in [0.25, 0.3) is 11.2 Å². The average molecular weight is 341 g/mol. The SMILES string of the molecule is CCn1c(N)nc2cc(C(=O)N(C)CCc3c(C)n[nH]c3C)cnc21. The number of anilines is 1. The highest BCUT2D eigenvalue weighted by Gasteiger charge is 2.16. The van der Waals surface area contributed by atoms with E-state index in [4.69, 9.17) is 5.73 Å². The van der Waals surface area contributed by atoms with E-state index in [2.05, 4.69) is 20.2 Å². The maximum Gasteiger partial charge on any atom is 0.255 e. The van der Waals surface area contributed by atoms with Crippen LogP contribution in [0.1, 0.15) is 34.2 Å². The van der Waals surface area contributed by atoms with Crippen LogP contribution in [0.15, 0.2) is 12.3 Å². The number of nitrogens with one attached hydrogen (secondary N) is 1. The van der Waals surface area contributed by atoms with E-state index in [1.54, 1.807) is 24.2 Å². The van der Waals surface area contributed by atoms with E-state index in [-0.39, 0.29) is 5.91 Å². The highest BCUT2D eigenvalue weighted by atomic mass is 16.2. The maximum absolute atomic E-state index is 12.7. The van der Waals surface area contributed by atoms with E-state index in [9.17, 15) is 4.79 Å². The van der Waals surface area contributed by atoms with Crippen LogP contribution in [0.3, 0.4) is 0 Å². The molecule has 0 aromatic carbocycles. The summed E-state index contributed by atoms with van der Waals surface area (Å²) in [6.45, 7) is 7.22. The molecule has 3 heterocycles. The Morgan fingerprint density at radius 2 is 2.16 bits per heavy atom. The number of nitrogens with zero attached hydrogens (tertiary/aromatic N) is 5. The first-order chi connectivity index (χ1) is 11.9. The van der Waals surface area contributed by atoms with Crippen LogP contribution in [-0.4, -0.2) is 49.1 Å². The van der Waals surface area contributed by atoms with Crippen molar-refractivity contribution >= 4 is 23.0 Å². The molecule has 0 aliphatic carbocycles. The second kappa shape index (κ2) is 6.54. The van der Waals surface area contributed by atoms with Crippen LogP contribution in [-0.2, 0) is 13.0 Å². The molecule has 0 aliphatic heterocycles. The Morgan fingerprint density at radius 3 is 2.80 bits per heavy atom. The maximum atomic E-state index is 12.7. The second-order valence-corrected chi connectivity index (χ2v) is 6.17. The molecule has 0 spiro atoms. The van der Waals surface area contributed by atoms with Gasteiger partial charge >= 0.3 is 0 Å². The lowest BCUT2D eigenvalue weighted by Gasteiger charge is -2.17. The number of aromatic nitrogens is 5. The van der Waals surface area contributed by atoms with Gasteiger partial charge in [-0.3, -0.25) is 14.5 Å². The number of fused-ring (bicyclic) bond motifs is 1. The van der Waals surface area contributed by atoms with Crippen LogP contribution < -0.4 is 5.73 Å². The zero-order valence-electron chi connectivity index (χ0n) is 15.0. The zero-order valence-corrected chi connectivity index (χ0v) is 15.0. The van der Waals surface area contributed by atoms with Gasteiger partial charge in [0.2, 0.25) is 5.95 Å². The number of aryl methyl sites for hydroxylation is 3. The summed E-state index contributed by atoms with van der Waals surface area (Å²) in [5.41, 5.74) is 10.9. The lowest BCUT2D eigenvalue weighted by atomic mass is 10.1. The van der Waals surface area contributed by atoms with E-state index in [1.165, 1.54) is 0 Å². The highest BCUT2D eigenvalue weighted by molar-refractivity contribution is 5.96. The average Bonchev–Trinajstić information content (AvgIpc) is 3.09. The van der Waals surface area contributed by atoms with Crippen LogP contribution in [0.4, 0.5) is 5.95 Å². The van der Waals surface area contributed by atoms with Crippen molar-refractivity contribution in [3.8, 4) is 0 Å². The first kappa shape index (κ1) is 16.9. The van der Waals surface area contributed by atoms with Crippen LogP contribution >= 0.6 is 0 Å². The fourth-order valence-corrected chi connectivity index (χ4v) is 3.00. The number of imidazole rings is 1. The van der Waals surface area contributed by atoms with Gasteiger partial charge in [0, 0.05) is 32.0 Å². The molecule has 0 bridgehead atoms. The third-order valence-corrected chi connectivity index (χ3v) is 4.50. The van der Waals surface area contributed by atoms with E-state index in [0.717, 1.165) is 23.4 Å². The van der Waals surface area contributed by atoms with Crippen molar-refractivity contribution in [1.29, 1.82) is 0 Å². The predicted octanol–water partition coefficient (Wildman–Crippen LogP) is 1.69. The normalized spacial score (nSPS) is 11.2. The Labute approximate surface area is 146 Å². The standard InChI is InChI=1S/C17H23N7O/c1-5-24-15-14(20-17(24)18)8-12(9-19-15)16(25)23(4)7-6-13-10(2)21-22-11(13)3/h8-9H,5-7H2,1-4H3,(H2,18,20)(H,21,22). The quantitative estimate of drug-likeness (QED) is 0.734. The van der Waals surface area contributed by atoms with Gasteiger partial charge in [0.1, 0.15) is 5.52 Å². The summed E-state index contributed by atoms with van der Waals surface area (Å²) in [6.07, 6.45) is 2.34. The van der Waals surface area contributed by atoms with E-state index in [1.807, 2.05) is 25.3 Å². The van der Waals surface area contributed by atoms with Gasteiger partial charge in [0.25, 0.3) is 5.91 Å². The van der Waals surface area contributed by atoms with E-state index >= 15 is 0 Å². The largest absolute Gasteiger partial charge is 0.369 e. The highest BCUT2D eigenvalue weighted by Crippen LogP contribution is 2.18. The summed E-state index contributed by atoms with van der Waals surface area (Å²) in [7, 11) is 1.79. The van der Waals surface area contributed by atoms with Crippen molar-refractivity contribution in [3.63, 3.8) is 0 Å². The van der Waals surface area contributed by atoms with E-state index < -0.39 is 0 Å². The minimum absolute atomic E-state index is 0.0854. The van der Waals surface area contributed by atoms with Gasteiger partial charge in [-0.05, 0) is 38.8 Å². The van der Waals surface area contributed by atoms with Crippen molar-refractivity contribution in [3.05, 3.63) is 34.8 Å². The number of H-pyrrole nitrogens is 1. The van der Waals surface area contributed by atoms with Crippen molar-refractivity contribution < 1.29 is 4.79 Å². The van der Waals surface area contributed by atoms with Crippen molar-refractivity contribution in [2.45, 2.75) is 33.7 Å². The number of carbonyl (C=O) groups excluding carboxylic acids is 1. The Morgan fingerprint density at radius 1 is 1.40 bits per heavy atom. The molecule has 0 saturated heterocycles. The number of likely N-dealkylation sites (N-methyl/N-ethyl adjacent to an activating group) is 1. The smallest absolute Gasteiger partial charge is 0.255 e. The first-order valence-corrected chi connectivity index (χ1v) is 8.30. The summed E-state index contributed by atoms with van der Waals surface area (Å²) in [6, 6.07) is 1.75. The van der Waals surface area contributed by atoms with Crippen molar-refractivity contribution in [2.75, 3.05) is 19.3 Å². The number of nitrogen functional groups attached to an aromatic ring is 1. The summed E-state index contributed by atoms with van der Waals surface area (Å²) < 4.78 is 1.82. The number of amides is 1. The molecule has 3 rings (SSSR count). The minimum atomic E-state index is -0.0854. The zero-order chi connectivity index (χ0) is 18.1.